The van der Waals surface area contributed by atoms with Gasteiger partial charge in [0.05, 0.1) is 51.5 Å². The first-order chi connectivity index (χ1) is 40.4. The van der Waals surface area contributed by atoms with Gasteiger partial charge in [-0.2, -0.15) is 0 Å². The Labute approximate surface area is 492 Å². The Hall–Kier alpha value is -1.54. The minimum atomic E-state index is -2.06. The molecule has 0 bridgehead atoms. The highest BCUT2D eigenvalue weighted by Crippen LogP contribution is 2.70. The van der Waals surface area contributed by atoms with Crippen molar-refractivity contribution in [2.24, 2.45) is 46.3 Å². The average molecular weight is 1230 g/mol. The molecule has 10 rings (SSSR count). The van der Waals surface area contributed by atoms with Gasteiger partial charge in [0.25, 0.3) is 0 Å². The van der Waals surface area contributed by atoms with E-state index in [1.54, 1.807) is 0 Å². The normalized spacial score (nSPS) is 53.1. The maximum Gasteiger partial charge on any atom is 0.187 e. The van der Waals surface area contributed by atoms with E-state index in [2.05, 4.69) is 20.8 Å². The Bertz CT molecular complexity index is 2210. The van der Waals surface area contributed by atoms with Gasteiger partial charge in [0, 0.05) is 12.3 Å². The molecule has 10 aliphatic rings. The number of hydrogen-bond donors (Lipinski definition) is 17. The summed E-state index contributed by atoms with van der Waals surface area (Å²) >= 11 is 0. The smallest absolute Gasteiger partial charge is 0.187 e. The number of aliphatic hydroxyl groups is 17. The molecule has 4 aliphatic carbocycles. The number of allylic oxidation sites excluding steroid dienone is 1. The van der Waals surface area contributed by atoms with Crippen LogP contribution in [0.1, 0.15) is 91.9 Å². The minimum absolute atomic E-state index is 0.00321. The topological polar surface area (TPSA) is 445 Å². The predicted molar refractivity (Wildman–Crippen MR) is 283 cm³/mol. The summed E-state index contributed by atoms with van der Waals surface area (Å²) in [5.41, 5.74) is 1.37. The van der Waals surface area contributed by atoms with E-state index in [9.17, 15) is 86.8 Å². The Morgan fingerprint density at radius 3 is 1.54 bits per heavy atom. The van der Waals surface area contributed by atoms with Gasteiger partial charge in [-0.25, -0.2) is 0 Å². The van der Waals surface area contributed by atoms with Gasteiger partial charge in [-0.15, -0.1) is 0 Å². The zero-order valence-corrected chi connectivity index (χ0v) is 48.5. The van der Waals surface area contributed by atoms with E-state index in [1.807, 2.05) is 6.92 Å². The van der Waals surface area contributed by atoms with Crippen LogP contribution in [0.5, 0.6) is 0 Å². The van der Waals surface area contributed by atoms with E-state index < -0.39 is 193 Å². The van der Waals surface area contributed by atoms with Crippen molar-refractivity contribution < 1.29 is 139 Å². The maximum absolute atomic E-state index is 11.9. The molecule has 6 aliphatic heterocycles. The Morgan fingerprint density at radius 1 is 0.471 bits per heavy atom. The molecule has 9 fully saturated rings. The van der Waals surface area contributed by atoms with Crippen LogP contribution < -0.4 is 0 Å². The highest BCUT2D eigenvalue weighted by Gasteiger charge is 2.65. The van der Waals surface area contributed by atoms with Crippen molar-refractivity contribution in [3.63, 3.8) is 0 Å². The second kappa shape index (κ2) is 27.0. The largest absolute Gasteiger partial charge is 0.494 e. The molecular formula is C57H94O28. The van der Waals surface area contributed by atoms with Crippen molar-refractivity contribution in [1.82, 2.24) is 0 Å². The van der Waals surface area contributed by atoms with Gasteiger partial charge in [0.1, 0.15) is 128 Å². The van der Waals surface area contributed by atoms with Crippen LogP contribution in [-0.2, 0) is 52.1 Å². The average Bonchev–Trinajstić information content (AvgIpc) is 1.64. The van der Waals surface area contributed by atoms with Crippen molar-refractivity contribution >= 4 is 0 Å². The lowest BCUT2D eigenvalue weighted by Gasteiger charge is -2.61. The molecule has 4 saturated carbocycles. The molecule has 0 radical (unpaired) electrons. The van der Waals surface area contributed by atoms with Crippen LogP contribution in [0.3, 0.4) is 0 Å². The SMILES string of the molecule is CC1=C(CCC(C)CO[C@@H]2O[C@H](CO)[C@@H](O)[C@H](O)[C@H]2O)OC2CC3C4CCC5CC(O[C@@H]6O[C@H](CO)[C@H](O[C@@H]7O[C@H](CO)[C@@H](O)[C@H](O[C@@H]8O[C@H](CO)[C@@H](O)[C@H](O)[C@H]8O)[C@H]7O[C@@H]7O[C@H](CO)[C@@H](O)[C@H](O)[C@H]7O)[C@H](O)[C@H]6O)CCC5(C)C4CCC3(C)C12. The zero-order chi connectivity index (χ0) is 61.3. The van der Waals surface area contributed by atoms with Crippen LogP contribution >= 0.6 is 0 Å². The zero-order valence-electron chi connectivity index (χ0n) is 48.5. The standard InChI is InChI=1S/C57H94O28/c1-21(20-75-51-44(71)40(67)36(63)30(15-58)78-51)5-8-28-22(2)35-29(77-28)14-27-25-7-6-23-13-24(9-11-56(23,3)26(25)10-12-57(27,35)4)76-52-47(74)43(70)48(34(19-62)82-52)83-55-50(85-54-46(73)42(69)38(65)32(17-60)80-54)49(39(66)33(18-61)81-55)84-53-45(72)41(68)37(64)31(16-59)79-53/h21,23-27,29-55,58-74H,5-20H2,1-4H3/t21?,23?,24?,25?,26?,27?,29?,30-,31-,32-,33-,34-,35?,36-,37-,38-,39-,40+,41+,42+,43-,44-,45-,46-,47-,48+,49+,50-,51-,52-,53+,54+,55+,56?,57?/m1/s1. The Kier molecular flexibility index (Phi) is 21.1. The number of fused-ring (bicyclic) bond motifs is 7. The lowest BCUT2D eigenvalue weighted by atomic mass is 9.44. The van der Waals surface area contributed by atoms with Crippen molar-refractivity contribution in [3.05, 3.63) is 11.3 Å². The fourth-order valence-electron chi connectivity index (χ4n) is 16.6. The molecule has 17 N–H and O–H groups in total. The summed E-state index contributed by atoms with van der Waals surface area (Å²) in [6, 6.07) is 0. The van der Waals surface area contributed by atoms with Gasteiger partial charge in [-0.1, -0.05) is 20.8 Å². The molecule has 0 aromatic heterocycles. The number of ether oxygens (including phenoxy) is 11. The third-order valence-corrected chi connectivity index (χ3v) is 21.6. The van der Waals surface area contributed by atoms with E-state index in [0.717, 1.165) is 57.1 Å². The summed E-state index contributed by atoms with van der Waals surface area (Å²) in [6.07, 6.45) is -34.5. The van der Waals surface area contributed by atoms with Crippen molar-refractivity contribution in [3.8, 4) is 0 Å². The van der Waals surface area contributed by atoms with Crippen LogP contribution in [-0.4, -0.2) is 292 Å². The van der Waals surface area contributed by atoms with Gasteiger partial charge in [-0.05, 0) is 111 Å². The summed E-state index contributed by atoms with van der Waals surface area (Å²) in [4.78, 5) is 0. The van der Waals surface area contributed by atoms with Gasteiger partial charge in [0.15, 0.2) is 31.5 Å². The second-order valence-corrected chi connectivity index (χ2v) is 26.5. The predicted octanol–water partition coefficient (Wildman–Crippen LogP) is -5.18. The van der Waals surface area contributed by atoms with Crippen molar-refractivity contribution in [1.29, 1.82) is 0 Å². The van der Waals surface area contributed by atoms with E-state index in [4.69, 9.17) is 52.1 Å². The first-order valence-electron chi connectivity index (χ1n) is 30.5. The van der Waals surface area contributed by atoms with Gasteiger partial charge in [0.2, 0.25) is 0 Å². The number of rotatable bonds is 19. The molecule has 0 aromatic carbocycles. The highest BCUT2D eigenvalue weighted by atomic mass is 16.8. The molecule has 0 spiro atoms. The molecular weight excluding hydrogens is 1130 g/mol. The van der Waals surface area contributed by atoms with Crippen molar-refractivity contribution in [2.75, 3.05) is 39.6 Å². The maximum atomic E-state index is 11.9. The van der Waals surface area contributed by atoms with E-state index in [1.165, 1.54) is 5.57 Å². The summed E-state index contributed by atoms with van der Waals surface area (Å²) in [5, 5.41) is 181. The first kappa shape index (κ1) is 66.4. The molecule has 28 heteroatoms. The van der Waals surface area contributed by atoms with Gasteiger partial charge < -0.3 is 139 Å². The van der Waals surface area contributed by atoms with Crippen LogP contribution in [0.4, 0.5) is 0 Å². The first-order valence-corrected chi connectivity index (χ1v) is 30.5. The molecule has 0 amide bonds. The quantitative estimate of drug-likeness (QED) is 0.0538. The highest BCUT2D eigenvalue weighted by molar-refractivity contribution is 5.27. The molecule has 28 nitrogen and oxygen atoms in total. The Morgan fingerprint density at radius 2 is 0.953 bits per heavy atom. The van der Waals surface area contributed by atoms with E-state index in [-0.39, 0.29) is 35.4 Å². The molecule has 35 atom stereocenters. The van der Waals surface area contributed by atoms with Crippen molar-refractivity contribution in [2.45, 2.75) is 258 Å². The molecule has 0 aromatic rings. The van der Waals surface area contributed by atoms with Gasteiger partial charge >= 0.3 is 0 Å². The molecule has 490 valence electrons. The fourth-order valence-corrected chi connectivity index (χ4v) is 16.6. The molecule has 10 unspecified atom stereocenters. The lowest BCUT2D eigenvalue weighted by molar-refractivity contribution is -0.406. The summed E-state index contributed by atoms with van der Waals surface area (Å²) in [6.45, 7) is 5.32. The number of aliphatic hydroxyl groups excluding tert-OH is 17. The molecule has 5 saturated heterocycles. The lowest BCUT2D eigenvalue weighted by Crippen LogP contribution is -2.68. The second-order valence-electron chi connectivity index (χ2n) is 26.5. The third kappa shape index (κ3) is 12.4. The van der Waals surface area contributed by atoms with E-state index in [0.29, 0.717) is 36.5 Å². The third-order valence-electron chi connectivity index (χ3n) is 21.6. The summed E-state index contributed by atoms with van der Waals surface area (Å²) < 4.78 is 66.3. The van der Waals surface area contributed by atoms with Gasteiger partial charge in [-0.3, -0.25) is 0 Å². The molecule has 6 heterocycles. The number of hydrogen-bond acceptors (Lipinski definition) is 28. The summed E-state index contributed by atoms with van der Waals surface area (Å²) in [5.74, 6) is 3.11. The monoisotopic (exact) mass is 1230 g/mol. The van der Waals surface area contributed by atoms with Crippen LogP contribution in [0.25, 0.3) is 0 Å². The summed E-state index contributed by atoms with van der Waals surface area (Å²) in [7, 11) is 0. The minimum Gasteiger partial charge on any atom is -0.494 e. The van der Waals surface area contributed by atoms with Crippen LogP contribution in [0, 0.1) is 46.3 Å². The fraction of sp³-hybridized carbons (Fsp3) is 0.965. The van der Waals surface area contributed by atoms with Crippen LogP contribution in [0.15, 0.2) is 11.3 Å². The Balaban J connectivity index is 0.769. The van der Waals surface area contributed by atoms with Crippen LogP contribution in [0.2, 0.25) is 0 Å². The van der Waals surface area contributed by atoms with E-state index >= 15 is 0 Å². The molecule has 85 heavy (non-hydrogen) atoms.